The summed E-state index contributed by atoms with van der Waals surface area (Å²) in [5.41, 5.74) is 4.64. The number of ether oxygens (including phenoxy) is 1. The number of aryl methyl sites for hydroxylation is 2. The summed E-state index contributed by atoms with van der Waals surface area (Å²) in [5.74, 6) is 2.47. The standard InChI is InChI=1S/C24H28N2O2/c1-16-5-4-6-18(13-16)14-24-25-22-15-21(11-12-23(22)26(24)3)28-20-9-7-19(8-10-20)17(2)27/h4-6,11-13,15,19-20H,7-10,14H2,1-3H3/t19-,20+. The molecule has 4 nitrogen and oxygen atoms in total. The second kappa shape index (κ2) is 7.78. The Morgan fingerprint density at radius 2 is 1.93 bits per heavy atom. The van der Waals surface area contributed by atoms with E-state index in [-0.39, 0.29) is 12.0 Å². The monoisotopic (exact) mass is 376 g/mol. The van der Waals surface area contributed by atoms with E-state index in [1.54, 1.807) is 6.92 Å². The minimum atomic E-state index is 0.198. The van der Waals surface area contributed by atoms with Gasteiger partial charge in [-0.2, -0.15) is 0 Å². The average Bonchev–Trinajstić information content (AvgIpc) is 2.97. The van der Waals surface area contributed by atoms with Crippen LogP contribution in [0.1, 0.15) is 49.6 Å². The van der Waals surface area contributed by atoms with Crippen LogP contribution >= 0.6 is 0 Å². The molecule has 146 valence electrons. The summed E-state index contributed by atoms with van der Waals surface area (Å²) < 4.78 is 8.38. The third-order valence-corrected chi connectivity index (χ3v) is 5.94. The maximum absolute atomic E-state index is 11.5. The zero-order chi connectivity index (χ0) is 19.7. The first-order chi connectivity index (χ1) is 13.5. The second-order valence-electron chi connectivity index (χ2n) is 8.11. The van der Waals surface area contributed by atoms with E-state index in [0.717, 1.165) is 54.7 Å². The Labute approximate surface area is 166 Å². The lowest BCUT2D eigenvalue weighted by Gasteiger charge is -2.27. The first-order valence-electron chi connectivity index (χ1n) is 10.2. The van der Waals surface area contributed by atoms with Crippen LogP contribution in [0.3, 0.4) is 0 Å². The number of nitrogens with zero attached hydrogens (tertiary/aromatic N) is 2. The summed E-state index contributed by atoms with van der Waals surface area (Å²) in [4.78, 5) is 16.4. The predicted molar refractivity (Wildman–Crippen MR) is 112 cm³/mol. The van der Waals surface area contributed by atoms with Gasteiger partial charge in [0.25, 0.3) is 0 Å². The van der Waals surface area contributed by atoms with Gasteiger partial charge in [0.1, 0.15) is 17.4 Å². The summed E-state index contributed by atoms with van der Waals surface area (Å²) in [7, 11) is 2.07. The highest BCUT2D eigenvalue weighted by atomic mass is 16.5. The van der Waals surface area contributed by atoms with Gasteiger partial charge in [-0.25, -0.2) is 4.98 Å². The largest absolute Gasteiger partial charge is 0.490 e. The fourth-order valence-corrected chi connectivity index (χ4v) is 4.25. The van der Waals surface area contributed by atoms with Gasteiger partial charge in [0.2, 0.25) is 0 Å². The Morgan fingerprint density at radius 1 is 1.14 bits per heavy atom. The number of carbonyl (C=O) groups excluding carboxylic acids is 1. The summed E-state index contributed by atoms with van der Waals surface area (Å²) in [6.07, 6.45) is 4.78. The van der Waals surface area contributed by atoms with Crippen LogP contribution in [0.4, 0.5) is 0 Å². The van der Waals surface area contributed by atoms with Crippen molar-refractivity contribution >= 4 is 16.8 Å². The van der Waals surface area contributed by atoms with Crippen LogP contribution in [0, 0.1) is 12.8 Å². The average molecular weight is 377 g/mol. The Kier molecular flexibility index (Phi) is 5.21. The van der Waals surface area contributed by atoms with Crippen LogP contribution in [0.25, 0.3) is 11.0 Å². The Morgan fingerprint density at radius 3 is 2.64 bits per heavy atom. The van der Waals surface area contributed by atoms with E-state index in [0.29, 0.717) is 5.78 Å². The molecule has 0 amide bonds. The number of hydrogen-bond donors (Lipinski definition) is 0. The van der Waals surface area contributed by atoms with Crippen LogP contribution < -0.4 is 4.74 Å². The van der Waals surface area contributed by atoms with Gasteiger partial charge in [-0.05, 0) is 57.2 Å². The quantitative estimate of drug-likeness (QED) is 0.629. The second-order valence-corrected chi connectivity index (χ2v) is 8.11. The molecule has 0 unspecified atom stereocenters. The molecule has 28 heavy (non-hydrogen) atoms. The first-order valence-corrected chi connectivity index (χ1v) is 10.2. The third-order valence-electron chi connectivity index (χ3n) is 5.94. The topological polar surface area (TPSA) is 44.1 Å². The molecule has 4 rings (SSSR count). The van der Waals surface area contributed by atoms with Crippen LogP contribution in [0.2, 0.25) is 0 Å². The molecule has 0 spiro atoms. The molecule has 1 saturated carbocycles. The molecule has 0 N–H and O–H groups in total. The molecule has 0 saturated heterocycles. The van der Waals surface area contributed by atoms with Crippen molar-refractivity contribution in [3.8, 4) is 5.75 Å². The van der Waals surface area contributed by atoms with Crippen molar-refractivity contribution in [3.05, 3.63) is 59.4 Å². The summed E-state index contributed by atoms with van der Waals surface area (Å²) >= 11 is 0. The minimum Gasteiger partial charge on any atom is -0.490 e. The highest BCUT2D eigenvalue weighted by Gasteiger charge is 2.25. The molecule has 1 aliphatic rings. The van der Waals surface area contributed by atoms with Crippen LogP contribution in [0.5, 0.6) is 5.75 Å². The Balaban J connectivity index is 1.49. The predicted octanol–water partition coefficient (Wildman–Crippen LogP) is 5.00. The molecule has 1 aromatic heterocycles. The minimum absolute atomic E-state index is 0.198. The van der Waals surface area contributed by atoms with Gasteiger partial charge in [0.15, 0.2) is 0 Å². The molecule has 3 aromatic rings. The van der Waals surface area contributed by atoms with Crippen LogP contribution in [0.15, 0.2) is 42.5 Å². The van der Waals surface area contributed by atoms with E-state index in [1.807, 2.05) is 12.1 Å². The van der Waals surface area contributed by atoms with Gasteiger partial charge >= 0.3 is 0 Å². The molecular weight excluding hydrogens is 348 g/mol. The molecule has 0 radical (unpaired) electrons. The van der Waals surface area contributed by atoms with E-state index in [1.165, 1.54) is 11.1 Å². The van der Waals surface area contributed by atoms with E-state index in [2.05, 4.69) is 48.9 Å². The van der Waals surface area contributed by atoms with Gasteiger partial charge < -0.3 is 9.30 Å². The zero-order valence-corrected chi connectivity index (χ0v) is 16.9. The normalized spacial score (nSPS) is 19.7. The van der Waals surface area contributed by atoms with Gasteiger partial charge in [0.05, 0.1) is 17.1 Å². The number of benzene rings is 2. The molecule has 0 aliphatic heterocycles. The van der Waals surface area contributed by atoms with Crippen molar-refractivity contribution in [1.82, 2.24) is 9.55 Å². The van der Waals surface area contributed by atoms with Crippen molar-refractivity contribution in [2.45, 2.75) is 52.1 Å². The smallest absolute Gasteiger partial charge is 0.132 e. The highest BCUT2D eigenvalue weighted by molar-refractivity contribution is 5.78. The molecule has 2 aromatic carbocycles. The van der Waals surface area contributed by atoms with Gasteiger partial charge in [0, 0.05) is 25.5 Å². The van der Waals surface area contributed by atoms with Crippen molar-refractivity contribution in [3.63, 3.8) is 0 Å². The van der Waals surface area contributed by atoms with Crippen molar-refractivity contribution < 1.29 is 9.53 Å². The molecular formula is C24H28N2O2. The molecule has 1 aliphatic carbocycles. The van der Waals surface area contributed by atoms with Gasteiger partial charge in [-0.15, -0.1) is 0 Å². The van der Waals surface area contributed by atoms with Gasteiger partial charge in [-0.1, -0.05) is 29.8 Å². The number of rotatable bonds is 5. The summed E-state index contributed by atoms with van der Waals surface area (Å²) in [6.45, 7) is 3.82. The molecule has 4 heteroatoms. The van der Waals surface area contributed by atoms with Crippen molar-refractivity contribution in [2.75, 3.05) is 0 Å². The Bertz CT molecular complexity index is 997. The van der Waals surface area contributed by atoms with E-state index in [4.69, 9.17) is 9.72 Å². The molecule has 0 atom stereocenters. The van der Waals surface area contributed by atoms with E-state index >= 15 is 0 Å². The summed E-state index contributed by atoms with van der Waals surface area (Å²) in [5, 5.41) is 0. The third kappa shape index (κ3) is 3.96. The number of aromatic nitrogens is 2. The van der Waals surface area contributed by atoms with Crippen molar-refractivity contribution in [1.29, 1.82) is 0 Å². The first kappa shape index (κ1) is 18.7. The number of fused-ring (bicyclic) bond motifs is 1. The number of Topliss-reactive ketones (excluding diaryl/α,β-unsaturated/α-hetero) is 1. The fraction of sp³-hybridized carbons (Fsp3) is 0.417. The van der Waals surface area contributed by atoms with E-state index < -0.39 is 0 Å². The molecule has 1 fully saturated rings. The summed E-state index contributed by atoms with van der Waals surface area (Å²) in [6, 6.07) is 14.8. The van der Waals surface area contributed by atoms with Crippen molar-refractivity contribution in [2.24, 2.45) is 13.0 Å². The van der Waals surface area contributed by atoms with Crippen LogP contribution in [-0.4, -0.2) is 21.4 Å². The number of ketones is 1. The molecule has 0 bridgehead atoms. The highest BCUT2D eigenvalue weighted by Crippen LogP contribution is 2.29. The SMILES string of the molecule is Cc1cccc(Cc2nc3cc(O[C@H]4CC[C@@H](C(C)=O)CC4)ccc3n2C)c1. The maximum atomic E-state index is 11.5. The molecule has 1 heterocycles. The number of hydrogen-bond acceptors (Lipinski definition) is 3. The fourth-order valence-electron chi connectivity index (χ4n) is 4.25. The van der Waals surface area contributed by atoms with E-state index in [9.17, 15) is 4.79 Å². The lowest BCUT2D eigenvalue weighted by molar-refractivity contribution is -0.122. The lowest BCUT2D eigenvalue weighted by Crippen LogP contribution is -2.26. The maximum Gasteiger partial charge on any atom is 0.132 e. The number of imidazole rings is 1. The number of carbonyl (C=O) groups is 1. The lowest BCUT2D eigenvalue weighted by atomic mass is 9.85. The Hall–Kier alpha value is -2.62. The van der Waals surface area contributed by atoms with Crippen LogP contribution in [-0.2, 0) is 18.3 Å². The van der Waals surface area contributed by atoms with Gasteiger partial charge in [-0.3, -0.25) is 4.79 Å². The zero-order valence-electron chi connectivity index (χ0n) is 16.9.